The third-order valence-electron chi connectivity index (χ3n) is 3.52. The van der Waals surface area contributed by atoms with Gasteiger partial charge in [-0.1, -0.05) is 6.07 Å². The Morgan fingerprint density at radius 3 is 2.80 bits per heavy atom. The predicted octanol–water partition coefficient (Wildman–Crippen LogP) is 0.581. The number of carbonyl (C=O) groups excluding carboxylic acids is 1. The monoisotopic (exact) mass is 297 g/mol. The van der Waals surface area contributed by atoms with E-state index < -0.39 is 10.0 Å². The van der Waals surface area contributed by atoms with E-state index in [9.17, 15) is 13.2 Å². The maximum absolute atomic E-state index is 12.1. The Balaban J connectivity index is 2.19. The van der Waals surface area contributed by atoms with Gasteiger partial charge in [0.2, 0.25) is 15.9 Å². The van der Waals surface area contributed by atoms with E-state index in [0.29, 0.717) is 17.8 Å². The Hall–Kier alpha value is -1.44. The van der Waals surface area contributed by atoms with E-state index in [1.54, 1.807) is 19.1 Å². The molecule has 4 N–H and O–H groups in total. The molecule has 7 heteroatoms. The molecule has 1 amide bonds. The van der Waals surface area contributed by atoms with Crippen molar-refractivity contribution in [3.63, 3.8) is 0 Å². The van der Waals surface area contributed by atoms with Crippen LogP contribution >= 0.6 is 0 Å². The lowest BCUT2D eigenvalue weighted by Gasteiger charge is -2.22. The quantitative estimate of drug-likeness (QED) is 0.759. The van der Waals surface area contributed by atoms with Crippen LogP contribution in [0.1, 0.15) is 18.4 Å². The van der Waals surface area contributed by atoms with Gasteiger partial charge in [-0.3, -0.25) is 4.79 Å². The molecule has 1 aliphatic heterocycles. The highest BCUT2D eigenvalue weighted by molar-refractivity contribution is 7.89. The van der Waals surface area contributed by atoms with Crippen LogP contribution in [-0.2, 0) is 14.8 Å². The van der Waals surface area contributed by atoms with Crippen LogP contribution in [0.3, 0.4) is 0 Å². The van der Waals surface area contributed by atoms with Gasteiger partial charge >= 0.3 is 0 Å². The number of primary sulfonamides is 1. The van der Waals surface area contributed by atoms with Gasteiger partial charge in [-0.05, 0) is 44.0 Å². The summed E-state index contributed by atoms with van der Waals surface area (Å²) in [7, 11) is -3.78. The lowest BCUT2D eigenvalue weighted by molar-refractivity contribution is -0.120. The number of amides is 1. The maximum Gasteiger partial charge on any atom is 0.238 e. The van der Waals surface area contributed by atoms with Crippen molar-refractivity contribution in [3.8, 4) is 0 Å². The summed E-state index contributed by atoms with van der Waals surface area (Å²) in [6.45, 7) is 3.22. The smallest absolute Gasteiger partial charge is 0.238 e. The third kappa shape index (κ3) is 3.36. The van der Waals surface area contributed by atoms with Gasteiger partial charge in [-0.2, -0.15) is 0 Å². The van der Waals surface area contributed by atoms with Crippen LogP contribution in [-0.4, -0.2) is 27.4 Å². The van der Waals surface area contributed by atoms with E-state index >= 15 is 0 Å². The van der Waals surface area contributed by atoms with E-state index in [1.807, 2.05) is 0 Å². The summed E-state index contributed by atoms with van der Waals surface area (Å²) in [5.74, 6) is -0.173. The van der Waals surface area contributed by atoms with E-state index in [4.69, 9.17) is 5.14 Å². The molecule has 1 aliphatic rings. The molecule has 110 valence electrons. The summed E-state index contributed by atoms with van der Waals surface area (Å²) in [5.41, 5.74) is 0.958. The largest absolute Gasteiger partial charge is 0.326 e. The minimum Gasteiger partial charge on any atom is -0.326 e. The zero-order valence-electron chi connectivity index (χ0n) is 11.3. The fraction of sp³-hybridized carbons (Fsp3) is 0.462. The number of carbonyl (C=O) groups is 1. The molecular formula is C13H19N3O3S. The van der Waals surface area contributed by atoms with Gasteiger partial charge in [0.05, 0.1) is 10.8 Å². The summed E-state index contributed by atoms with van der Waals surface area (Å²) in [5, 5.41) is 11.1. The Labute approximate surface area is 118 Å². The number of rotatable bonds is 3. The molecule has 0 radical (unpaired) electrons. The molecule has 0 unspecified atom stereocenters. The van der Waals surface area contributed by atoms with Gasteiger partial charge in [0, 0.05) is 12.2 Å². The van der Waals surface area contributed by atoms with E-state index in [1.165, 1.54) is 6.07 Å². The van der Waals surface area contributed by atoms with Gasteiger partial charge in [0.25, 0.3) is 0 Å². The first-order valence-corrected chi connectivity index (χ1v) is 8.08. The SMILES string of the molecule is Cc1c(NC(=O)[C@H]2CCCNC2)cccc1S(N)(=O)=O. The van der Waals surface area contributed by atoms with Crippen LogP contribution in [0.4, 0.5) is 5.69 Å². The molecular weight excluding hydrogens is 278 g/mol. The highest BCUT2D eigenvalue weighted by atomic mass is 32.2. The van der Waals surface area contributed by atoms with Gasteiger partial charge in [-0.25, -0.2) is 13.6 Å². The van der Waals surface area contributed by atoms with Crippen molar-refractivity contribution in [1.82, 2.24) is 5.32 Å². The van der Waals surface area contributed by atoms with Crippen molar-refractivity contribution in [3.05, 3.63) is 23.8 Å². The summed E-state index contributed by atoms with van der Waals surface area (Å²) >= 11 is 0. The zero-order chi connectivity index (χ0) is 14.8. The first kappa shape index (κ1) is 15.0. The molecule has 20 heavy (non-hydrogen) atoms. The molecule has 1 aromatic rings. The van der Waals surface area contributed by atoms with E-state index in [-0.39, 0.29) is 16.7 Å². The highest BCUT2D eigenvalue weighted by Crippen LogP contribution is 2.23. The van der Waals surface area contributed by atoms with Gasteiger partial charge in [-0.15, -0.1) is 0 Å². The number of anilines is 1. The first-order valence-electron chi connectivity index (χ1n) is 6.53. The van der Waals surface area contributed by atoms with Gasteiger partial charge in [0.1, 0.15) is 0 Å². The fourth-order valence-electron chi connectivity index (χ4n) is 2.37. The predicted molar refractivity (Wildman–Crippen MR) is 76.8 cm³/mol. The molecule has 0 saturated carbocycles. The number of nitrogens with one attached hydrogen (secondary N) is 2. The van der Waals surface area contributed by atoms with Crippen molar-refractivity contribution in [1.29, 1.82) is 0 Å². The lowest BCUT2D eigenvalue weighted by atomic mass is 9.98. The number of hydrogen-bond acceptors (Lipinski definition) is 4. The maximum atomic E-state index is 12.1. The number of benzene rings is 1. The van der Waals surface area contributed by atoms with Crippen LogP contribution in [0.15, 0.2) is 23.1 Å². The number of sulfonamides is 1. The molecule has 1 heterocycles. The summed E-state index contributed by atoms with van der Waals surface area (Å²) in [6.07, 6.45) is 1.81. The number of nitrogens with two attached hydrogens (primary N) is 1. The second-order valence-electron chi connectivity index (χ2n) is 5.01. The lowest BCUT2D eigenvalue weighted by Crippen LogP contribution is -2.37. The van der Waals surface area contributed by atoms with Crippen LogP contribution in [0.2, 0.25) is 0 Å². The van der Waals surface area contributed by atoms with E-state index in [2.05, 4.69) is 10.6 Å². The molecule has 6 nitrogen and oxygen atoms in total. The van der Waals surface area contributed by atoms with Crippen molar-refractivity contribution in [2.75, 3.05) is 18.4 Å². The molecule has 2 rings (SSSR count). The fourth-order valence-corrected chi connectivity index (χ4v) is 3.17. The van der Waals surface area contributed by atoms with Crippen molar-refractivity contribution >= 4 is 21.6 Å². The first-order chi connectivity index (χ1) is 9.39. The topological polar surface area (TPSA) is 101 Å². The molecule has 1 aromatic carbocycles. The summed E-state index contributed by atoms with van der Waals surface area (Å²) in [4.78, 5) is 12.2. The summed E-state index contributed by atoms with van der Waals surface area (Å²) in [6, 6.07) is 4.68. The Bertz CT molecular complexity index is 607. The van der Waals surface area contributed by atoms with E-state index in [0.717, 1.165) is 19.4 Å². The average Bonchev–Trinajstić information content (AvgIpc) is 2.40. The number of piperidine rings is 1. The standard InChI is InChI=1S/C13H19N3O3S/c1-9-11(5-2-6-12(9)20(14,18)19)16-13(17)10-4-3-7-15-8-10/h2,5-6,10,15H,3-4,7-8H2,1H3,(H,16,17)(H2,14,18,19)/t10-/m0/s1. The van der Waals surface area contributed by atoms with Crippen LogP contribution < -0.4 is 15.8 Å². The molecule has 0 spiro atoms. The minimum atomic E-state index is -3.78. The second-order valence-corrected chi connectivity index (χ2v) is 6.54. The minimum absolute atomic E-state index is 0.0390. The summed E-state index contributed by atoms with van der Waals surface area (Å²) < 4.78 is 22.9. The van der Waals surface area contributed by atoms with Crippen molar-refractivity contribution in [2.45, 2.75) is 24.7 Å². The molecule has 0 bridgehead atoms. The molecule has 0 aliphatic carbocycles. The van der Waals surface area contributed by atoms with Crippen molar-refractivity contribution in [2.24, 2.45) is 11.1 Å². The number of hydrogen-bond donors (Lipinski definition) is 3. The molecule has 1 atom stereocenters. The van der Waals surface area contributed by atoms with Crippen molar-refractivity contribution < 1.29 is 13.2 Å². The molecule has 0 aromatic heterocycles. The zero-order valence-corrected chi connectivity index (χ0v) is 12.2. The van der Waals surface area contributed by atoms with Gasteiger partial charge in [0.15, 0.2) is 0 Å². The Morgan fingerprint density at radius 2 is 2.20 bits per heavy atom. The average molecular weight is 297 g/mol. The van der Waals surface area contributed by atoms with Crippen LogP contribution in [0, 0.1) is 12.8 Å². The normalized spacial score (nSPS) is 19.6. The third-order valence-corrected chi connectivity index (χ3v) is 4.57. The Morgan fingerprint density at radius 1 is 1.45 bits per heavy atom. The Kier molecular flexibility index (Phi) is 4.42. The highest BCUT2D eigenvalue weighted by Gasteiger charge is 2.22. The molecule has 1 saturated heterocycles. The van der Waals surface area contributed by atoms with Gasteiger partial charge < -0.3 is 10.6 Å². The van der Waals surface area contributed by atoms with Crippen LogP contribution in [0.5, 0.6) is 0 Å². The van der Waals surface area contributed by atoms with Crippen LogP contribution in [0.25, 0.3) is 0 Å². The second kappa shape index (κ2) is 5.90. The molecule has 1 fully saturated rings.